The molecule has 0 unspecified atom stereocenters. The molecule has 2 amide bonds. The normalized spacial score (nSPS) is 13.5. The van der Waals surface area contributed by atoms with Crippen molar-refractivity contribution in [3.8, 4) is 28.4 Å². The Labute approximate surface area is 204 Å². The molecule has 35 heavy (non-hydrogen) atoms. The fraction of sp³-hybridized carbons (Fsp3) is 0.346. The predicted octanol–water partition coefficient (Wildman–Crippen LogP) is 3.78. The second-order valence-corrected chi connectivity index (χ2v) is 8.21. The van der Waals surface area contributed by atoms with Crippen molar-refractivity contribution in [1.29, 1.82) is 0 Å². The minimum absolute atomic E-state index is 0.152. The number of hydrogen-bond acceptors (Lipinski definition) is 6. The smallest absolute Gasteiger partial charge is 0.409 e. The van der Waals surface area contributed by atoms with Crippen LogP contribution in [-0.4, -0.2) is 78.6 Å². The fourth-order valence-electron chi connectivity index (χ4n) is 4.03. The van der Waals surface area contributed by atoms with Gasteiger partial charge in [-0.3, -0.25) is 4.79 Å². The molecule has 0 bridgehead atoms. The van der Waals surface area contributed by atoms with Crippen molar-refractivity contribution >= 4 is 12.0 Å². The van der Waals surface area contributed by atoms with Crippen LogP contribution in [0.2, 0.25) is 0 Å². The van der Waals surface area contributed by atoms with E-state index in [0.29, 0.717) is 55.7 Å². The van der Waals surface area contributed by atoms with E-state index in [0.717, 1.165) is 16.8 Å². The Balaban J connectivity index is 1.68. The zero-order valence-corrected chi connectivity index (χ0v) is 20.5. The molecule has 0 saturated carbocycles. The van der Waals surface area contributed by atoms with Gasteiger partial charge >= 0.3 is 6.09 Å². The number of aryl methyl sites for hydroxylation is 1. The molecule has 0 atom stereocenters. The van der Waals surface area contributed by atoms with E-state index >= 15 is 0 Å². The summed E-state index contributed by atoms with van der Waals surface area (Å²) in [4.78, 5) is 29.1. The molecule has 4 rings (SSSR count). The van der Waals surface area contributed by atoms with E-state index in [1.54, 1.807) is 47.8 Å². The van der Waals surface area contributed by atoms with Gasteiger partial charge in [-0.15, -0.1) is 0 Å². The van der Waals surface area contributed by atoms with Gasteiger partial charge in [0.15, 0.2) is 0 Å². The molecule has 1 saturated heterocycles. The maximum Gasteiger partial charge on any atom is 0.409 e. The Morgan fingerprint density at radius 2 is 1.60 bits per heavy atom. The Morgan fingerprint density at radius 1 is 0.914 bits per heavy atom. The SMILES string of the molecule is CCOC(=O)N1CCN(C(=O)c2cc(-c3ccc(OC)cc3OC)nn2-c2ccc(C)cc2)CC1. The van der Waals surface area contributed by atoms with Crippen molar-refractivity contribution in [1.82, 2.24) is 19.6 Å². The zero-order valence-electron chi connectivity index (χ0n) is 20.5. The first-order valence-electron chi connectivity index (χ1n) is 11.6. The van der Waals surface area contributed by atoms with E-state index in [1.807, 2.05) is 43.3 Å². The molecular formula is C26H30N4O5. The first-order valence-corrected chi connectivity index (χ1v) is 11.6. The lowest BCUT2D eigenvalue weighted by Gasteiger charge is -2.34. The van der Waals surface area contributed by atoms with Crippen LogP contribution in [0.4, 0.5) is 4.79 Å². The molecule has 1 fully saturated rings. The number of benzene rings is 2. The van der Waals surface area contributed by atoms with Gasteiger partial charge < -0.3 is 24.0 Å². The summed E-state index contributed by atoms with van der Waals surface area (Å²) >= 11 is 0. The molecule has 1 aromatic heterocycles. The Morgan fingerprint density at radius 3 is 2.23 bits per heavy atom. The van der Waals surface area contributed by atoms with E-state index in [2.05, 4.69) is 0 Å². The lowest BCUT2D eigenvalue weighted by atomic mass is 10.1. The monoisotopic (exact) mass is 478 g/mol. The highest BCUT2D eigenvalue weighted by molar-refractivity contribution is 5.95. The highest BCUT2D eigenvalue weighted by Crippen LogP contribution is 2.34. The largest absolute Gasteiger partial charge is 0.497 e. The van der Waals surface area contributed by atoms with Crippen LogP contribution in [0, 0.1) is 6.92 Å². The second kappa shape index (κ2) is 10.5. The van der Waals surface area contributed by atoms with Crippen LogP contribution in [0.15, 0.2) is 48.5 Å². The zero-order chi connectivity index (χ0) is 24.9. The van der Waals surface area contributed by atoms with Crippen molar-refractivity contribution < 1.29 is 23.8 Å². The number of ether oxygens (including phenoxy) is 3. The van der Waals surface area contributed by atoms with Crippen LogP contribution in [-0.2, 0) is 4.74 Å². The van der Waals surface area contributed by atoms with Crippen molar-refractivity contribution in [3.05, 3.63) is 59.8 Å². The fourth-order valence-corrected chi connectivity index (χ4v) is 4.03. The summed E-state index contributed by atoms with van der Waals surface area (Å²) in [6.07, 6.45) is -0.349. The molecule has 0 aliphatic carbocycles. The van der Waals surface area contributed by atoms with Gasteiger partial charge in [0.05, 0.1) is 32.2 Å². The van der Waals surface area contributed by atoms with Gasteiger partial charge in [0.2, 0.25) is 0 Å². The molecule has 3 aromatic rings. The Kier molecular flexibility index (Phi) is 7.24. The van der Waals surface area contributed by atoms with E-state index in [9.17, 15) is 9.59 Å². The number of amides is 2. The lowest BCUT2D eigenvalue weighted by molar-refractivity contribution is 0.0563. The number of hydrogen-bond donors (Lipinski definition) is 0. The van der Waals surface area contributed by atoms with Crippen LogP contribution in [0.3, 0.4) is 0 Å². The molecule has 9 nitrogen and oxygen atoms in total. The molecule has 1 aliphatic rings. The summed E-state index contributed by atoms with van der Waals surface area (Å²) in [5, 5.41) is 4.79. The average Bonchev–Trinajstić information content (AvgIpc) is 3.33. The van der Waals surface area contributed by atoms with Crippen LogP contribution in [0.1, 0.15) is 23.0 Å². The Hall–Kier alpha value is -4.01. The number of nitrogens with zero attached hydrogens (tertiary/aromatic N) is 4. The first-order chi connectivity index (χ1) is 16.9. The Bertz CT molecular complexity index is 1200. The van der Waals surface area contributed by atoms with E-state index < -0.39 is 0 Å². The standard InChI is InChI=1S/C26H30N4O5/c1-5-35-26(32)29-14-12-28(13-15-29)25(31)23-17-22(21-11-10-20(33-3)16-24(21)34-4)27-30(23)19-8-6-18(2)7-9-19/h6-11,16-17H,5,12-15H2,1-4H3. The van der Waals surface area contributed by atoms with Crippen LogP contribution in [0.25, 0.3) is 16.9 Å². The summed E-state index contributed by atoms with van der Waals surface area (Å²) in [7, 11) is 3.18. The third-order valence-corrected chi connectivity index (χ3v) is 5.98. The van der Waals surface area contributed by atoms with Crippen molar-refractivity contribution in [3.63, 3.8) is 0 Å². The van der Waals surface area contributed by atoms with Gasteiger partial charge in [-0.05, 0) is 44.2 Å². The van der Waals surface area contributed by atoms with Gasteiger partial charge in [0.25, 0.3) is 5.91 Å². The quantitative estimate of drug-likeness (QED) is 0.536. The number of methoxy groups -OCH3 is 2. The van der Waals surface area contributed by atoms with Crippen LogP contribution in [0.5, 0.6) is 11.5 Å². The van der Waals surface area contributed by atoms with Gasteiger partial charge in [-0.2, -0.15) is 5.10 Å². The molecule has 2 heterocycles. The lowest BCUT2D eigenvalue weighted by Crippen LogP contribution is -2.51. The molecule has 9 heteroatoms. The first kappa shape index (κ1) is 24.1. The topological polar surface area (TPSA) is 86.1 Å². The van der Waals surface area contributed by atoms with Gasteiger partial charge in [-0.1, -0.05) is 17.7 Å². The van der Waals surface area contributed by atoms with E-state index in [4.69, 9.17) is 19.3 Å². The maximum absolute atomic E-state index is 13.6. The predicted molar refractivity (Wildman–Crippen MR) is 131 cm³/mol. The van der Waals surface area contributed by atoms with Gasteiger partial charge in [-0.25, -0.2) is 9.48 Å². The third-order valence-electron chi connectivity index (χ3n) is 5.98. The molecule has 0 spiro atoms. The highest BCUT2D eigenvalue weighted by atomic mass is 16.6. The summed E-state index contributed by atoms with van der Waals surface area (Å²) < 4.78 is 17.6. The molecule has 184 valence electrons. The number of piperazine rings is 1. The summed E-state index contributed by atoms with van der Waals surface area (Å²) in [5.74, 6) is 1.11. The van der Waals surface area contributed by atoms with Crippen LogP contribution < -0.4 is 9.47 Å². The summed E-state index contributed by atoms with van der Waals surface area (Å²) in [5.41, 5.74) is 3.69. The van der Waals surface area contributed by atoms with E-state index in [1.165, 1.54) is 0 Å². The molecule has 0 radical (unpaired) electrons. The minimum Gasteiger partial charge on any atom is -0.497 e. The molecule has 1 aliphatic heterocycles. The number of carbonyl (C=O) groups excluding carboxylic acids is 2. The minimum atomic E-state index is -0.349. The van der Waals surface area contributed by atoms with Crippen LogP contribution >= 0.6 is 0 Å². The number of aromatic nitrogens is 2. The van der Waals surface area contributed by atoms with Crippen molar-refractivity contribution in [2.45, 2.75) is 13.8 Å². The summed E-state index contributed by atoms with van der Waals surface area (Å²) in [6.45, 7) is 5.78. The van der Waals surface area contributed by atoms with Crippen molar-refractivity contribution in [2.24, 2.45) is 0 Å². The molecule has 2 aromatic carbocycles. The molecular weight excluding hydrogens is 448 g/mol. The molecule has 0 N–H and O–H groups in total. The van der Waals surface area contributed by atoms with Gasteiger partial charge in [0, 0.05) is 37.8 Å². The highest BCUT2D eigenvalue weighted by Gasteiger charge is 2.28. The van der Waals surface area contributed by atoms with Gasteiger partial charge in [0.1, 0.15) is 17.2 Å². The average molecular weight is 479 g/mol. The summed E-state index contributed by atoms with van der Waals surface area (Å²) in [6, 6.07) is 15.1. The third kappa shape index (κ3) is 5.08. The second-order valence-electron chi connectivity index (χ2n) is 8.21. The van der Waals surface area contributed by atoms with Crippen molar-refractivity contribution in [2.75, 3.05) is 47.0 Å². The number of carbonyl (C=O) groups is 2. The number of rotatable bonds is 6. The van der Waals surface area contributed by atoms with E-state index in [-0.39, 0.29) is 12.0 Å². The maximum atomic E-state index is 13.6.